The van der Waals surface area contributed by atoms with Gasteiger partial charge in [-0.25, -0.2) is 9.38 Å². The summed E-state index contributed by atoms with van der Waals surface area (Å²) in [6.45, 7) is 0. The molecule has 1 spiro atoms. The average Bonchev–Trinajstić information content (AvgIpc) is 2.63. The van der Waals surface area contributed by atoms with Crippen LogP contribution in [0.25, 0.3) is 11.1 Å². The van der Waals surface area contributed by atoms with Crippen LogP contribution in [-0.4, -0.2) is 17.6 Å². The number of nitrogens with zero attached hydrogens (tertiary/aromatic N) is 3. The molecule has 1 saturated carbocycles. The molecule has 2 aromatic carbocycles. The van der Waals surface area contributed by atoms with Gasteiger partial charge in [-0.2, -0.15) is 4.99 Å². The fraction of sp³-hybridized carbons (Fsp3) is 0.300. The van der Waals surface area contributed by atoms with Crippen LogP contribution in [0.15, 0.2) is 58.5 Å². The lowest BCUT2D eigenvalue weighted by molar-refractivity contribution is 0.305. The minimum Gasteiger partial charge on any atom is -0.369 e. The molecule has 4 N–H and O–H groups in total. The molecule has 1 aliphatic heterocycles. The van der Waals surface area contributed by atoms with Crippen molar-refractivity contribution in [3.05, 3.63) is 54.3 Å². The molecule has 4 rings (SSSR count). The summed E-state index contributed by atoms with van der Waals surface area (Å²) in [6.07, 6.45) is 5.07. The molecule has 1 fully saturated rings. The van der Waals surface area contributed by atoms with E-state index in [2.05, 4.69) is 4.99 Å². The maximum Gasteiger partial charge on any atom is 0.220 e. The molecule has 6 heteroatoms. The third kappa shape index (κ3) is 2.81. The smallest absolute Gasteiger partial charge is 0.220 e. The van der Waals surface area contributed by atoms with Gasteiger partial charge in [-0.1, -0.05) is 36.8 Å². The highest BCUT2D eigenvalue weighted by atomic mass is 19.1. The van der Waals surface area contributed by atoms with Crippen LogP contribution in [0.4, 0.5) is 10.1 Å². The van der Waals surface area contributed by atoms with E-state index in [0.29, 0.717) is 5.96 Å². The molecule has 26 heavy (non-hydrogen) atoms. The first-order valence-corrected chi connectivity index (χ1v) is 8.94. The number of hydrogen-bond donors (Lipinski definition) is 2. The second-order valence-corrected chi connectivity index (χ2v) is 6.84. The van der Waals surface area contributed by atoms with Crippen molar-refractivity contribution in [2.75, 3.05) is 4.90 Å². The third-order valence-corrected chi connectivity index (χ3v) is 5.15. The molecule has 0 radical (unpaired) electrons. The van der Waals surface area contributed by atoms with Crippen LogP contribution in [0.2, 0.25) is 0 Å². The van der Waals surface area contributed by atoms with Crippen molar-refractivity contribution >= 4 is 17.6 Å². The van der Waals surface area contributed by atoms with Crippen LogP contribution >= 0.6 is 0 Å². The first-order valence-electron chi connectivity index (χ1n) is 8.94. The Morgan fingerprint density at radius 3 is 2.35 bits per heavy atom. The molecule has 5 nitrogen and oxygen atoms in total. The van der Waals surface area contributed by atoms with Gasteiger partial charge in [-0.3, -0.25) is 4.90 Å². The summed E-state index contributed by atoms with van der Waals surface area (Å²) >= 11 is 0. The molecule has 0 unspecified atom stereocenters. The molecular weight excluding hydrogens is 329 g/mol. The highest BCUT2D eigenvalue weighted by Crippen LogP contribution is 2.42. The largest absolute Gasteiger partial charge is 0.369 e. The van der Waals surface area contributed by atoms with Gasteiger partial charge in [0.25, 0.3) is 0 Å². The van der Waals surface area contributed by atoms with Gasteiger partial charge in [0.2, 0.25) is 11.9 Å². The van der Waals surface area contributed by atoms with Gasteiger partial charge < -0.3 is 11.5 Å². The first kappa shape index (κ1) is 16.6. The van der Waals surface area contributed by atoms with Crippen molar-refractivity contribution < 1.29 is 4.39 Å². The summed E-state index contributed by atoms with van der Waals surface area (Å²) in [5.41, 5.74) is 14.6. The molecule has 0 aromatic heterocycles. The van der Waals surface area contributed by atoms with E-state index in [1.165, 1.54) is 18.6 Å². The van der Waals surface area contributed by atoms with Gasteiger partial charge in [0.15, 0.2) is 0 Å². The molecule has 0 amide bonds. The lowest BCUT2D eigenvalue weighted by Crippen LogP contribution is -2.58. The van der Waals surface area contributed by atoms with Crippen molar-refractivity contribution in [1.29, 1.82) is 0 Å². The van der Waals surface area contributed by atoms with Crippen molar-refractivity contribution in [2.24, 2.45) is 21.5 Å². The Bertz CT molecular complexity index is 866. The van der Waals surface area contributed by atoms with Gasteiger partial charge in [-0.05, 0) is 49.4 Å². The van der Waals surface area contributed by atoms with E-state index in [9.17, 15) is 4.39 Å². The molecule has 0 saturated heterocycles. The lowest BCUT2D eigenvalue weighted by Gasteiger charge is -2.46. The summed E-state index contributed by atoms with van der Waals surface area (Å²) in [6, 6.07) is 14.4. The minimum atomic E-state index is -0.496. The molecule has 0 atom stereocenters. The Balaban J connectivity index is 1.86. The molecular formula is C20H22FN5. The number of anilines is 1. The SMILES string of the molecule is NC1=NC2(CCCCC2)N(c2ccccc2-c2ccc(F)cc2)C(N)=N1. The number of benzene rings is 2. The van der Waals surface area contributed by atoms with Crippen molar-refractivity contribution in [1.82, 2.24) is 0 Å². The standard InChI is InChI=1S/C20H22FN5/c21-15-10-8-14(9-11-15)16-6-2-3-7-17(16)26-19(23)24-18(22)25-20(26)12-4-1-5-13-20/h2-3,6-11H,1,4-5,12-13H2,(H4,22,23,24,25). The number of hydrogen-bond acceptors (Lipinski definition) is 5. The van der Waals surface area contributed by atoms with Gasteiger partial charge >= 0.3 is 0 Å². The quantitative estimate of drug-likeness (QED) is 0.867. The Labute approximate surface area is 152 Å². The highest BCUT2D eigenvalue weighted by Gasteiger charge is 2.43. The van der Waals surface area contributed by atoms with E-state index in [1.54, 1.807) is 12.1 Å². The Hall–Kier alpha value is -2.89. The molecule has 134 valence electrons. The third-order valence-electron chi connectivity index (χ3n) is 5.15. The number of guanidine groups is 2. The van der Waals surface area contributed by atoms with E-state index < -0.39 is 5.66 Å². The fourth-order valence-electron chi connectivity index (χ4n) is 4.01. The Kier molecular flexibility index (Phi) is 4.11. The van der Waals surface area contributed by atoms with Crippen LogP contribution < -0.4 is 16.4 Å². The molecule has 2 aromatic rings. The summed E-state index contributed by atoms with van der Waals surface area (Å²) in [7, 11) is 0. The van der Waals surface area contributed by atoms with Crippen LogP contribution in [0, 0.1) is 5.82 Å². The summed E-state index contributed by atoms with van der Waals surface area (Å²) < 4.78 is 13.4. The van der Waals surface area contributed by atoms with E-state index in [1.807, 2.05) is 29.2 Å². The molecule has 1 aliphatic carbocycles. The predicted molar refractivity (Wildman–Crippen MR) is 103 cm³/mol. The van der Waals surface area contributed by atoms with Gasteiger partial charge in [0.05, 0.1) is 5.69 Å². The maximum atomic E-state index is 13.4. The first-order chi connectivity index (χ1) is 12.6. The van der Waals surface area contributed by atoms with Crippen molar-refractivity contribution in [2.45, 2.75) is 37.8 Å². The average molecular weight is 351 g/mol. The van der Waals surface area contributed by atoms with Crippen LogP contribution in [0.1, 0.15) is 32.1 Å². The van der Waals surface area contributed by atoms with Gasteiger partial charge in [0, 0.05) is 5.56 Å². The summed E-state index contributed by atoms with van der Waals surface area (Å²) in [5.74, 6) is 0.334. The van der Waals surface area contributed by atoms with Crippen molar-refractivity contribution in [3.8, 4) is 11.1 Å². The van der Waals surface area contributed by atoms with E-state index in [-0.39, 0.29) is 11.8 Å². The number of rotatable bonds is 2. The Morgan fingerprint density at radius 1 is 0.923 bits per heavy atom. The zero-order chi connectivity index (χ0) is 18.1. The van der Waals surface area contributed by atoms with Gasteiger partial charge in [0.1, 0.15) is 11.5 Å². The fourth-order valence-corrected chi connectivity index (χ4v) is 4.01. The summed E-state index contributed by atoms with van der Waals surface area (Å²) in [4.78, 5) is 11.0. The number of halogens is 1. The van der Waals surface area contributed by atoms with Crippen LogP contribution in [-0.2, 0) is 0 Å². The topological polar surface area (TPSA) is 80.0 Å². The normalized spacial score (nSPS) is 19.2. The lowest BCUT2D eigenvalue weighted by atomic mass is 9.86. The van der Waals surface area contributed by atoms with Crippen molar-refractivity contribution in [3.63, 3.8) is 0 Å². The number of para-hydroxylation sites is 1. The predicted octanol–water partition coefficient (Wildman–Crippen LogP) is 3.60. The molecule has 0 bridgehead atoms. The monoisotopic (exact) mass is 351 g/mol. The van der Waals surface area contributed by atoms with E-state index in [0.717, 1.165) is 42.5 Å². The Morgan fingerprint density at radius 2 is 1.62 bits per heavy atom. The second-order valence-electron chi connectivity index (χ2n) is 6.84. The van der Waals surface area contributed by atoms with Gasteiger partial charge in [-0.15, -0.1) is 0 Å². The van der Waals surface area contributed by atoms with E-state index >= 15 is 0 Å². The molecule has 1 heterocycles. The van der Waals surface area contributed by atoms with Crippen LogP contribution in [0.3, 0.4) is 0 Å². The molecule has 2 aliphatic rings. The maximum absolute atomic E-state index is 13.4. The van der Waals surface area contributed by atoms with E-state index in [4.69, 9.17) is 16.5 Å². The number of aliphatic imine (C=N–C) groups is 2. The van der Waals surface area contributed by atoms with Crippen LogP contribution in [0.5, 0.6) is 0 Å². The minimum absolute atomic E-state index is 0.236. The summed E-state index contributed by atoms with van der Waals surface area (Å²) in [5, 5.41) is 0. The zero-order valence-electron chi connectivity index (χ0n) is 14.5. The zero-order valence-corrected chi connectivity index (χ0v) is 14.5. The number of nitrogens with two attached hydrogens (primary N) is 2. The second kappa shape index (κ2) is 6.44. The highest BCUT2D eigenvalue weighted by molar-refractivity contribution is 6.07.